The number of likely N-dealkylation sites (N-methyl/N-ethyl adjacent to an activating group) is 2. The average molecular weight is 577 g/mol. The van der Waals surface area contributed by atoms with Gasteiger partial charge in [0, 0.05) is 33.1 Å². The summed E-state index contributed by atoms with van der Waals surface area (Å²) in [5, 5.41) is 5.85. The van der Waals surface area contributed by atoms with Gasteiger partial charge >= 0.3 is 0 Å². The lowest BCUT2D eigenvalue weighted by Gasteiger charge is -2.32. The molecule has 0 unspecified atom stereocenters. The fraction of sp³-hybridized carbons (Fsp3) is 0.515. The van der Waals surface area contributed by atoms with Crippen LogP contribution in [0.25, 0.3) is 0 Å². The molecule has 2 N–H and O–H groups in total. The number of nitrogens with zero attached hydrogens (tertiary/aromatic N) is 2. The van der Waals surface area contributed by atoms with Crippen LogP contribution in [-0.2, 0) is 20.8 Å². The summed E-state index contributed by atoms with van der Waals surface area (Å²) in [6.45, 7) is 1.03. The first-order chi connectivity index (χ1) is 20.3. The van der Waals surface area contributed by atoms with Crippen molar-refractivity contribution in [1.29, 1.82) is 0 Å². The number of hydrogen-bond donors (Lipinski definition) is 2. The summed E-state index contributed by atoms with van der Waals surface area (Å²) in [6, 6.07) is 14.7. The highest BCUT2D eigenvalue weighted by molar-refractivity contribution is 6.01. The van der Waals surface area contributed by atoms with Crippen molar-refractivity contribution >= 4 is 23.6 Å². The van der Waals surface area contributed by atoms with Crippen LogP contribution in [-0.4, -0.2) is 78.8 Å². The van der Waals surface area contributed by atoms with Gasteiger partial charge in [0.25, 0.3) is 5.91 Å². The van der Waals surface area contributed by atoms with E-state index in [1.807, 2.05) is 30.3 Å². The molecular weight excluding hydrogens is 532 g/mol. The van der Waals surface area contributed by atoms with Gasteiger partial charge in [0.15, 0.2) is 0 Å². The maximum absolute atomic E-state index is 13.8. The number of nitrogens with one attached hydrogen (secondary N) is 2. The van der Waals surface area contributed by atoms with Crippen LogP contribution in [0.15, 0.2) is 54.6 Å². The van der Waals surface area contributed by atoms with Crippen molar-refractivity contribution in [3.8, 4) is 5.75 Å². The Morgan fingerprint density at radius 2 is 1.60 bits per heavy atom. The van der Waals surface area contributed by atoms with Crippen LogP contribution in [0.2, 0.25) is 0 Å². The molecule has 1 fully saturated rings. The number of carbonyl (C=O) groups is 4. The molecule has 2 aromatic rings. The predicted molar refractivity (Wildman–Crippen MR) is 161 cm³/mol. The third-order valence-corrected chi connectivity index (χ3v) is 8.27. The van der Waals surface area contributed by atoms with E-state index in [9.17, 15) is 19.2 Å². The molecule has 2 aromatic carbocycles. The molecule has 0 saturated heterocycles. The van der Waals surface area contributed by atoms with Crippen molar-refractivity contribution in [1.82, 2.24) is 20.4 Å². The molecule has 2 atom stereocenters. The lowest BCUT2D eigenvalue weighted by atomic mass is 10.0. The van der Waals surface area contributed by atoms with Crippen molar-refractivity contribution < 1.29 is 23.9 Å². The van der Waals surface area contributed by atoms with Gasteiger partial charge in [0.1, 0.15) is 17.8 Å². The zero-order valence-corrected chi connectivity index (χ0v) is 24.8. The Bertz CT molecular complexity index is 1210. The van der Waals surface area contributed by atoms with E-state index < -0.39 is 29.8 Å². The van der Waals surface area contributed by atoms with Crippen LogP contribution < -0.4 is 15.4 Å². The fourth-order valence-corrected chi connectivity index (χ4v) is 5.67. The largest absolute Gasteiger partial charge is 0.493 e. The molecule has 4 rings (SSSR count). The molecule has 4 amide bonds. The lowest BCUT2D eigenvalue weighted by Crippen LogP contribution is -2.54. The summed E-state index contributed by atoms with van der Waals surface area (Å²) in [5.41, 5.74) is 1.25. The number of para-hydroxylation sites is 1. The van der Waals surface area contributed by atoms with E-state index in [2.05, 4.69) is 10.6 Å². The Labute approximate surface area is 249 Å². The number of benzene rings is 2. The molecule has 0 radical (unpaired) electrons. The second kappa shape index (κ2) is 15.4. The molecular formula is C33H44N4O5. The molecule has 9 heteroatoms. The maximum Gasteiger partial charge on any atom is 0.255 e. The molecule has 0 spiro atoms. The van der Waals surface area contributed by atoms with E-state index in [0.29, 0.717) is 30.9 Å². The van der Waals surface area contributed by atoms with Crippen molar-refractivity contribution in [2.75, 3.05) is 27.2 Å². The molecule has 42 heavy (non-hydrogen) atoms. The standard InChI is InChI=1S/C33H44N4O5/c1-36-20-12-3-4-13-21-42-29-19-11-10-18-26(29)31(39)35-27(32(40)34-25-16-8-9-17-25)23-30(38)37(2)28(33(36)41)22-24-14-6-5-7-15-24/h5-7,10-11,14-15,18-19,25,27-28H,3-4,8-9,12-13,16-17,20-23H2,1-2H3,(H,34,40)(H,35,39)/t27-,28-/m0/s1. The van der Waals surface area contributed by atoms with E-state index in [1.165, 1.54) is 4.90 Å². The SMILES string of the molecule is CN1CCCCCCOc2ccccc2C(=O)N[C@H](C(=O)NC2CCCC2)CC(=O)N(C)[C@@H](Cc2ccccc2)C1=O. The molecule has 0 bridgehead atoms. The van der Waals surface area contributed by atoms with Crippen molar-refractivity contribution in [3.63, 3.8) is 0 Å². The van der Waals surface area contributed by atoms with Crippen molar-refractivity contribution in [3.05, 3.63) is 65.7 Å². The highest BCUT2D eigenvalue weighted by Crippen LogP contribution is 2.21. The average Bonchev–Trinajstić information content (AvgIpc) is 3.51. The number of hydrogen-bond acceptors (Lipinski definition) is 5. The predicted octanol–water partition coefficient (Wildman–Crippen LogP) is 3.71. The van der Waals surface area contributed by atoms with Crippen LogP contribution in [0.3, 0.4) is 0 Å². The monoisotopic (exact) mass is 576 g/mol. The Hall–Kier alpha value is -3.88. The molecule has 226 valence electrons. The van der Waals surface area contributed by atoms with E-state index >= 15 is 0 Å². The van der Waals surface area contributed by atoms with Gasteiger partial charge in [-0.25, -0.2) is 0 Å². The van der Waals surface area contributed by atoms with Gasteiger partial charge in [-0.3, -0.25) is 19.2 Å². The summed E-state index contributed by atoms with van der Waals surface area (Å²) in [4.78, 5) is 57.5. The lowest BCUT2D eigenvalue weighted by molar-refractivity contribution is -0.144. The Kier molecular flexibility index (Phi) is 11.4. The van der Waals surface area contributed by atoms with Gasteiger partial charge in [-0.15, -0.1) is 0 Å². The fourth-order valence-electron chi connectivity index (χ4n) is 5.67. The van der Waals surface area contributed by atoms with Gasteiger partial charge in [0.2, 0.25) is 17.7 Å². The van der Waals surface area contributed by atoms with E-state index in [4.69, 9.17) is 4.74 Å². The number of rotatable bonds is 4. The summed E-state index contributed by atoms with van der Waals surface area (Å²) < 4.78 is 5.95. The quantitative estimate of drug-likeness (QED) is 0.577. The van der Waals surface area contributed by atoms with E-state index in [1.54, 1.807) is 43.3 Å². The zero-order valence-electron chi connectivity index (χ0n) is 24.8. The van der Waals surface area contributed by atoms with Gasteiger partial charge in [-0.05, 0) is 43.4 Å². The minimum absolute atomic E-state index is 0.0203. The smallest absolute Gasteiger partial charge is 0.255 e. The molecule has 1 saturated carbocycles. The third-order valence-electron chi connectivity index (χ3n) is 8.27. The van der Waals surface area contributed by atoms with Crippen LogP contribution in [0.5, 0.6) is 5.75 Å². The highest BCUT2D eigenvalue weighted by atomic mass is 16.5. The van der Waals surface area contributed by atoms with Gasteiger partial charge < -0.3 is 25.2 Å². The van der Waals surface area contributed by atoms with Gasteiger partial charge in [-0.1, -0.05) is 68.1 Å². The molecule has 9 nitrogen and oxygen atoms in total. The second-order valence-electron chi connectivity index (χ2n) is 11.4. The minimum atomic E-state index is -1.11. The van der Waals surface area contributed by atoms with Gasteiger partial charge in [0.05, 0.1) is 18.6 Å². The van der Waals surface area contributed by atoms with Crippen LogP contribution in [0.1, 0.15) is 73.7 Å². The number of carbonyl (C=O) groups excluding carboxylic acids is 4. The van der Waals surface area contributed by atoms with Crippen molar-refractivity contribution in [2.24, 2.45) is 0 Å². The zero-order chi connectivity index (χ0) is 29.9. The van der Waals surface area contributed by atoms with E-state index in [-0.39, 0.29) is 18.4 Å². The normalized spacial score (nSPS) is 22.0. The molecule has 1 heterocycles. The Balaban J connectivity index is 1.62. The van der Waals surface area contributed by atoms with E-state index in [0.717, 1.165) is 56.9 Å². The Morgan fingerprint density at radius 1 is 0.905 bits per heavy atom. The Morgan fingerprint density at radius 3 is 2.36 bits per heavy atom. The summed E-state index contributed by atoms with van der Waals surface area (Å²) in [6.07, 6.45) is 7.39. The molecule has 1 aliphatic carbocycles. The molecule has 0 aromatic heterocycles. The molecule has 1 aliphatic heterocycles. The third kappa shape index (κ3) is 8.57. The van der Waals surface area contributed by atoms with Crippen LogP contribution >= 0.6 is 0 Å². The summed E-state index contributed by atoms with van der Waals surface area (Å²) in [5.74, 6) is -0.972. The first-order valence-electron chi connectivity index (χ1n) is 15.2. The first kappa shape index (κ1) is 31.1. The summed E-state index contributed by atoms with van der Waals surface area (Å²) >= 11 is 0. The van der Waals surface area contributed by atoms with Gasteiger partial charge in [-0.2, -0.15) is 0 Å². The topological polar surface area (TPSA) is 108 Å². The van der Waals surface area contributed by atoms with Crippen LogP contribution in [0, 0.1) is 0 Å². The maximum atomic E-state index is 13.8. The first-order valence-corrected chi connectivity index (χ1v) is 15.2. The number of fused-ring (bicyclic) bond motifs is 1. The number of ether oxygens (including phenoxy) is 1. The number of amides is 4. The minimum Gasteiger partial charge on any atom is -0.493 e. The summed E-state index contributed by atoms with van der Waals surface area (Å²) in [7, 11) is 3.38. The van der Waals surface area contributed by atoms with Crippen LogP contribution in [0.4, 0.5) is 0 Å². The van der Waals surface area contributed by atoms with Crippen molar-refractivity contribution in [2.45, 2.75) is 82.3 Å². The molecule has 2 aliphatic rings. The second-order valence-corrected chi connectivity index (χ2v) is 11.4. The highest BCUT2D eigenvalue weighted by Gasteiger charge is 2.34.